The highest BCUT2D eigenvalue weighted by atomic mass is 32.1. The zero-order valence-electron chi connectivity index (χ0n) is 10.8. The normalized spacial score (nSPS) is 12.1. The molecule has 0 aliphatic carbocycles. The Morgan fingerprint density at radius 1 is 1.55 bits per heavy atom. The maximum absolute atomic E-state index is 12.2. The number of carbonyl (C=O) groups is 3. The first kappa shape index (κ1) is 14.2. The van der Waals surface area contributed by atoms with Gasteiger partial charge in [0.25, 0.3) is 5.91 Å². The van der Waals surface area contributed by atoms with Crippen LogP contribution >= 0.6 is 11.3 Å². The van der Waals surface area contributed by atoms with Crippen molar-refractivity contribution in [1.82, 2.24) is 20.6 Å². The van der Waals surface area contributed by atoms with Gasteiger partial charge in [0, 0.05) is 5.38 Å². The molecule has 2 aromatic rings. The number of amides is 3. The highest BCUT2D eigenvalue weighted by Gasteiger charge is 2.22. The number of hydrogen-bond acceptors (Lipinski definition) is 5. The van der Waals surface area contributed by atoms with Gasteiger partial charge in [-0.1, -0.05) is 13.3 Å². The van der Waals surface area contributed by atoms with Crippen LogP contribution in [-0.4, -0.2) is 34.2 Å². The minimum atomic E-state index is -0.726. The number of carbonyl (C=O) groups excluding carboxylic acids is 3. The van der Waals surface area contributed by atoms with Gasteiger partial charge in [-0.05, 0) is 6.42 Å². The maximum atomic E-state index is 12.2. The first-order chi connectivity index (χ1) is 9.67. The summed E-state index contributed by atoms with van der Waals surface area (Å²) in [6.45, 7) is 1.89. The third kappa shape index (κ3) is 2.85. The molecule has 1 atom stereocenters. The van der Waals surface area contributed by atoms with E-state index in [4.69, 9.17) is 0 Å². The second kappa shape index (κ2) is 6.29. The van der Waals surface area contributed by atoms with Crippen LogP contribution in [0, 0.1) is 0 Å². The molecule has 1 unspecified atom stereocenters. The van der Waals surface area contributed by atoms with Crippen LogP contribution in [0.4, 0.5) is 0 Å². The molecule has 0 aliphatic rings. The van der Waals surface area contributed by atoms with E-state index in [0.717, 1.165) is 4.83 Å². The fourth-order valence-corrected chi connectivity index (χ4v) is 2.71. The van der Waals surface area contributed by atoms with Crippen molar-refractivity contribution in [2.45, 2.75) is 25.8 Å². The number of H-pyrrole nitrogens is 1. The number of nitrogens with one attached hydrogen (secondary N) is 3. The number of fused-ring (bicyclic) bond motifs is 1. The average molecular weight is 294 g/mol. The van der Waals surface area contributed by atoms with Gasteiger partial charge in [0.15, 0.2) is 0 Å². The molecule has 2 rings (SSSR count). The molecule has 7 nitrogen and oxygen atoms in total. The minimum Gasteiger partial charge on any atom is -0.343 e. The molecule has 8 heteroatoms. The number of aromatic nitrogens is 2. The van der Waals surface area contributed by atoms with Gasteiger partial charge in [0.2, 0.25) is 12.3 Å². The first-order valence-corrected chi connectivity index (χ1v) is 7.00. The molecule has 0 saturated carbocycles. The van der Waals surface area contributed by atoms with Crippen molar-refractivity contribution in [3.63, 3.8) is 0 Å². The van der Waals surface area contributed by atoms with Gasteiger partial charge in [0.1, 0.15) is 10.9 Å². The summed E-state index contributed by atoms with van der Waals surface area (Å²) in [5, 5.41) is 6.38. The number of thiophene rings is 1. The maximum Gasteiger partial charge on any atom is 0.254 e. The van der Waals surface area contributed by atoms with Crippen molar-refractivity contribution in [2.75, 3.05) is 0 Å². The minimum absolute atomic E-state index is 0.314. The molecule has 0 aromatic carbocycles. The Morgan fingerprint density at radius 3 is 3.05 bits per heavy atom. The van der Waals surface area contributed by atoms with Crippen LogP contribution in [0.3, 0.4) is 0 Å². The highest BCUT2D eigenvalue weighted by Crippen LogP contribution is 2.22. The smallest absolute Gasteiger partial charge is 0.254 e. The topological polar surface area (TPSA) is 104 Å². The summed E-state index contributed by atoms with van der Waals surface area (Å²) in [6, 6.07) is -0.726. The second-order valence-electron chi connectivity index (χ2n) is 4.17. The zero-order valence-corrected chi connectivity index (χ0v) is 11.6. The van der Waals surface area contributed by atoms with E-state index in [1.54, 1.807) is 5.38 Å². The van der Waals surface area contributed by atoms with Crippen molar-refractivity contribution in [2.24, 2.45) is 0 Å². The molecule has 0 aliphatic heterocycles. The van der Waals surface area contributed by atoms with Crippen LogP contribution in [0.2, 0.25) is 0 Å². The van der Waals surface area contributed by atoms with Gasteiger partial charge in [-0.2, -0.15) is 0 Å². The fourth-order valence-electron chi connectivity index (χ4n) is 1.86. The molecule has 2 aromatic heterocycles. The Morgan fingerprint density at radius 2 is 2.35 bits per heavy atom. The fraction of sp³-hybridized carbons (Fsp3) is 0.333. The number of hydrogen-bond donors (Lipinski definition) is 3. The molecule has 3 N–H and O–H groups in total. The lowest BCUT2D eigenvalue weighted by Gasteiger charge is -2.15. The molecule has 0 bridgehead atoms. The SMILES string of the molecule is CCCC(NC(=O)c1csc2nc[nH]c12)C(=O)NC=O. The molecule has 0 saturated heterocycles. The number of rotatable bonds is 6. The summed E-state index contributed by atoms with van der Waals surface area (Å²) in [6.07, 6.45) is 3.00. The van der Waals surface area contributed by atoms with Gasteiger partial charge >= 0.3 is 0 Å². The largest absolute Gasteiger partial charge is 0.343 e. The third-order valence-electron chi connectivity index (χ3n) is 2.81. The van der Waals surface area contributed by atoms with Crippen molar-refractivity contribution >= 4 is 39.9 Å². The van der Waals surface area contributed by atoms with Gasteiger partial charge in [-0.25, -0.2) is 4.98 Å². The summed E-state index contributed by atoms with van der Waals surface area (Å²) in [4.78, 5) is 41.9. The number of imidazole rings is 1. The molecule has 0 radical (unpaired) electrons. The van der Waals surface area contributed by atoms with E-state index in [9.17, 15) is 14.4 Å². The molecule has 2 heterocycles. The molecule has 106 valence electrons. The Hall–Kier alpha value is -2.22. The summed E-state index contributed by atoms with van der Waals surface area (Å²) in [7, 11) is 0. The first-order valence-electron chi connectivity index (χ1n) is 6.12. The number of aromatic amines is 1. The highest BCUT2D eigenvalue weighted by molar-refractivity contribution is 7.17. The summed E-state index contributed by atoms with van der Waals surface area (Å²) in [5.74, 6) is -0.869. The molecule has 0 fully saturated rings. The van der Waals surface area contributed by atoms with Gasteiger partial charge in [-0.15, -0.1) is 11.3 Å². The predicted molar refractivity (Wildman–Crippen MR) is 74.3 cm³/mol. The molecule has 20 heavy (non-hydrogen) atoms. The summed E-state index contributed by atoms with van der Waals surface area (Å²) in [5.41, 5.74) is 1.10. The molecule has 0 spiro atoms. The zero-order chi connectivity index (χ0) is 14.5. The van der Waals surface area contributed by atoms with E-state index in [2.05, 4.69) is 20.6 Å². The average Bonchev–Trinajstić information content (AvgIpc) is 3.00. The van der Waals surface area contributed by atoms with Gasteiger partial charge in [0.05, 0.1) is 17.4 Å². The van der Waals surface area contributed by atoms with E-state index < -0.39 is 11.9 Å². The van der Waals surface area contributed by atoms with Crippen molar-refractivity contribution in [1.29, 1.82) is 0 Å². The monoisotopic (exact) mass is 294 g/mol. The molecule has 3 amide bonds. The van der Waals surface area contributed by atoms with Crippen molar-refractivity contribution < 1.29 is 14.4 Å². The van der Waals surface area contributed by atoms with E-state index >= 15 is 0 Å². The number of imide groups is 1. The van der Waals surface area contributed by atoms with Crippen LogP contribution in [0.15, 0.2) is 11.7 Å². The standard InChI is InChI=1S/C12H14N4O3S/c1-2-3-8(11(19)15-6-17)16-10(18)7-4-20-12-9(7)13-5-14-12/h4-6,8H,2-3H2,1H3,(H,13,14)(H,16,18)(H,15,17,19). The van der Waals surface area contributed by atoms with Gasteiger partial charge in [-0.3, -0.25) is 19.7 Å². The lowest BCUT2D eigenvalue weighted by atomic mass is 10.1. The molecular formula is C12H14N4O3S. The van der Waals surface area contributed by atoms with Crippen LogP contribution in [0.25, 0.3) is 10.3 Å². The summed E-state index contributed by atoms with van der Waals surface area (Å²) >= 11 is 1.35. The number of nitrogens with zero attached hydrogens (tertiary/aromatic N) is 1. The van der Waals surface area contributed by atoms with Crippen LogP contribution < -0.4 is 10.6 Å². The Labute approximate surface area is 118 Å². The lowest BCUT2D eigenvalue weighted by molar-refractivity contribution is -0.126. The van der Waals surface area contributed by atoms with E-state index in [1.807, 2.05) is 6.92 Å². The van der Waals surface area contributed by atoms with E-state index in [1.165, 1.54) is 17.7 Å². The quantitative estimate of drug-likeness (QED) is 0.685. The Kier molecular flexibility index (Phi) is 4.46. The van der Waals surface area contributed by atoms with E-state index in [-0.39, 0.29) is 5.91 Å². The van der Waals surface area contributed by atoms with Crippen LogP contribution in [0.1, 0.15) is 30.1 Å². The predicted octanol–water partition coefficient (Wildman–Crippen LogP) is 0.796. The molecular weight excluding hydrogens is 280 g/mol. The lowest BCUT2D eigenvalue weighted by Crippen LogP contribution is -2.46. The Balaban J connectivity index is 2.14. The van der Waals surface area contributed by atoms with Crippen molar-refractivity contribution in [3.05, 3.63) is 17.3 Å². The Bertz CT molecular complexity index is 633. The van der Waals surface area contributed by atoms with Crippen LogP contribution in [0.5, 0.6) is 0 Å². The second-order valence-corrected chi connectivity index (χ2v) is 5.03. The van der Waals surface area contributed by atoms with E-state index in [0.29, 0.717) is 30.3 Å². The van der Waals surface area contributed by atoms with Crippen molar-refractivity contribution in [3.8, 4) is 0 Å². The van der Waals surface area contributed by atoms with Crippen LogP contribution in [-0.2, 0) is 9.59 Å². The third-order valence-corrected chi connectivity index (χ3v) is 3.69. The van der Waals surface area contributed by atoms with Gasteiger partial charge < -0.3 is 10.3 Å². The summed E-state index contributed by atoms with van der Waals surface area (Å²) < 4.78 is 0.